The minimum atomic E-state index is -1.01. The van der Waals surface area contributed by atoms with E-state index < -0.39 is 5.97 Å². The van der Waals surface area contributed by atoms with Gasteiger partial charge in [0.15, 0.2) is 0 Å². The van der Waals surface area contributed by atoms with Crippen molar-refractivity contribution in [1.29, 1.82) is 0 Å². The highest BCUT2D eigenvalue weighted by molar-refractivity contribution is 7.11. The second-order valence-corrected chi connectivity index (χ2v) is 5.84. The van der Waals surface area contributed by atoms with E-state index in [0.29, 0.717) is 5.56 Å². The van der Waals surface area contributed by atoms with Crippen LogP contribution >= 0.6 is 22.7 Å². The van der Waals surface area contributed by atoms with E-state index in [4.69, 9.17) is 5.11 Å². The Morgan fingerprint density at radius 1 is 1.45 bits per heavy atom. The monoisotopic (exact) mass is 308 g/mol. The Hall–Kier alpha value is -1.99. The summed E-state index contributed by atoms with van der Waals surface area (Å²) in [5, 5.41) is 15.8. The van der Waals surface area contributed by atoms with Gasteiger partial charge in [0.1, 0.15) is 5.01 Å². The van der Waals surface area contributed by atoms with Gasteiger partial charge >= 0.3 is 5.97 Å². The highest BCUT2D eigenvalue weighted by atomic mass is 32.1. The molecule has 20 heavy (non-hydrogen) atoms. The molecule has 0 aliphatic rings. The lowest BCUT2D eigenvalue weighted by atomic mass is 10.2. The Morgan fingerprint density at radius 2 is 2.25 bits per heavy atom. The first-order valence-electron chi connectivity index (χ1n) is 5.76. The number of carbonyl (C=O) groups excluding carboxylic acids is 1. The number of thiazole rings is 1. The average Bonchev–Trinajstić information content (AvgIpc) is 3.07. The molecule has 2 aromatic heterocycles. The third-order valence-corrected chi connectivity index (χ3v) is 4.30. The van der Waals surface area contributed by atoms with Crippen LogP contribution in [0.1, 0.15) is 33.2 Å². The third-order valence-electron chi connectivity index (χ3n) is 2.44. The van der Waals surface area contributed by atoms with Crippen molar-refractivity contribution in [1.82, 2.24) is 10.3 Å². The van der Waals surface area contributed by atoms with Crippen molar-refractivity contribution in [3.63, 3.8) is 0 Å². The minimum absolute atomic E-state index is 0.152. The second kappa shape index (κ2) is 6.44. The summed E-state index contributed by atoms with van der Waals surface area (Å²) in [6.45, 7) is 1.87. The normalized spacial score (nSPS) is 12.4. The minimum Gasteiger partial charge on any atom is -0.478 e. The van der Waals surface area contributed by atoms with Crippen molar-refractivity contribution < 1.29 is 14.7 Å². The molecular formula is C13H12N2O3S2. The molecule has 1 unspecified atom stereocenters. The van der Waals surface area contributed by atoms with E-state index in [2.05, 4.69) is 10.3 Å². The SMILES string of the molecule is CC(NC(=O)c1csc(C=CC(=O)O)c1)c1nccs1. The molecule has 2 aromatic rings. The smallest absolute Gasteiger partial charge is 0.328 e. The molecule has 5 nitrogen and oxygen atoms in total. The zero-order chi connectivity index (χ0) is 14.5. The van der Waals surface area contributed by atoms with Crippen molar-refractivity contribution in [3.8, 4) is 0 Å². The summed E-state index contributed by atoms with van der Waals surface area (Å²) in [4.78, 5) is 27.3. The molecule has 0 aromatic carbocycles. The molecule has 0 spiro atoms. The maximum atomic E-state index is 12.0. The predicted molar refractivity (Wildman–Crippen MR) is 79.0 cm³/mol. The van der Waals surface area contributed by atoms with Crippen molar-refractivity contribution in [3.05, 3.63) is 44.5 Å². The second-order valence-electron chi connectivity index (χ2n) is 3.97. The third kappa shape index (κ3) is 3.75. The van der Waals surface area contributed by atoms with Crippen LogP contribution in [-0.2, 0) is 4.79 Å². The van der Waals surface area contributed by atoms with Crippen LogP contribution in [0, 0.1) is 0 Å². The van der Waals surface area contributed by atoms with E-state index in [1.165, 1.54) is 28.7 Å². The summed E-state index contributed by atoms with van der Waals surface area (Å²) in [5.74, 6) is -1.21. The number of carboxylic acid groups (broad SMARTS) is 1. The van der Waals surface area contributed by atoms with E-state index >= 15 is 0 Å². The van der Waals surface area contributed by atoms with Crippen LogP contribution in [0.5, 0.6) is 0 Å². The highest BCUT2D eigenvalue weighted by Gasteiger charge is 2.14. The molecule has 0 saturated carbocycles. The molecule has 0 fully saturated rings. The zero-order valence-corrected chi connectivity index (χ0v) is 12.2. The van der Waals surface area contributed by atoms with E-state index in [0.717, 1.165) is 16.0 Å². The molecule has 0 radical (unpaired) electrons. The molecule has 1 atom stereocenters. The van der Waals surface area contributed by atoms with Gasteiger partial charge in [-0.25, -0.2) is 9.78 Å². The Labute approximate surface area is 123 Å². The lowest BCUT2D eigenvalue weighted by Gasteiger charge is -2.09. The van der Waals surface area contributed by atoms with Gasteiger partial charge in [-0.05, 0) is 19.1 Å². The standard InChI is InChI=1S/C13H12N2O3S2/c1-8(13-14-4-5-19-13)15-12(18)9-6-10(20-7-9)2-3-11(16)17/h2-8H,1H3,(H,15,18)(H,16,17). The first kappa shape index (κ1) is 14.4. The van der Waals surface area contributed by atoms with E-state index in [9.17, 15) is 9.59 Å². The largest absolute Gasteiger partial charge is 0.478 e. The summed E-state index contributed by atoms with van der Waals surface area (Å²) >= 11 is 2.81. The summed E-state index contributed by atoms with van der Waals surface area (Å²) in [6.07, 6.45) is 4.21. The van der Waals surface area contributed by atoms with Crippen LogP contribution in [0.2, 0.25) is 0 Å². The number of carbonyl (C=O) groups is 2. The summed E-state index contributed by atoms with van der Waals surface area (Å²) < 4.78 is 0. The van der Waals surface area contributed by atoms with Gasteiger partial charge in [-0.15, -0.1) is 22.7 Å². The molecule has 104 valence electrons. The maximum absolute atomic E-state index is 12.0. The van der Waals surface area contributed by atoms with Gasteiger partial charge in [0, 0.05) is 27.9 Å². The van der Waals surface area contributed by atoms with Crippen molar-refractivity contribution >= 4 is 40.6 Å². The number of hydrogen-bond donors (Lipinski definition) is 2. The lowest BCUT2D eigenvalue weighted by molar-refractivity contribution is -0.131. The number of aliphatic carboxylic acids is 1. The van der Waals surface area contributed by atoms with Gasteiger partial charge in [-0.3, -0.25) is 4.79 Å². The molecular weight excluding hydrogens is 296 g/mol. The Bertz CT molecular complexity index is 632. The number of thiophene rings is 1. The van der Waals surface area contributed by atoms with Crippen molar-refractivity contribution in [2.24, 2.45) is 0 Å². The quantitative estimate of drug-likeness (QED) is 0.832. The lowest BCUT2D eigenvalue weighted by Crippen LogP contribution is -2.26. The van der Waals surface area contributed by atoms with Gasteiger partial charge in [-0.2, -0.15) is 0 Å². The highest BCUT2D eigenvalue weighted by Crippen LogP contribution is 2.19. The number of nitrogens with one attached hydrogen (secondary N) is 1. The number of carboxylic acids is 1. The Balaban J connectivity index is 2.01. The summed E-state index contributed by atoms with van der Waals surface area (Å²) in [7, 11) is 0. The van der Waals surface area contributed by atoms with Gasteiger partial charge in [0.2, 0.25) is 0 Å². The summed E-state index contributed by atoms with van der Waals surface area (Å²) in [5.41, 5.74) is 0.517. The first-order chi connectivity index (χ1) is 9.56. The maximum Gasteiger partial charge on any atom is 0.328 e. The number of hydrogen-bond acceptors (Lipinski definition) is 5. The van der Waals surface area contributed by atoms with Crippen LogP contribution in [-0.4, -0.2) is 22.0 Å². The molecule has 0 saturated heterocycles. The van der Waals surface area contributed by atoms with Gasteiger partial charge < -0.3 is 10.4 Å². The number of amides is 1. The molecule has 1 amide bonds. The zero-order valence-electron chi connectivity index (χ0n) is 10.6. The van der Waals surface area contributed by atoms with Crippen molar-refractivity contribution in [2.75, 3.05) is 0 Å². The van der Waals surface area contributed by atoms with Crippen LogP contribution in [0.4, 0.5) is 0 Å². The van der Waals surface area contributed by atoms with E-state index in [-0.39, 0.29) is 11.9 Å². The van der Waals surface area contributed by atoms with Gasteiger partial charge in [-0.1, -0.05) is 0 Å². The van der Waals surface area contributed by atoms with Crippen LogP contribution in [0.15, 0.2) is 29.1 Å². The molecule has 2 heterocycles. The van der Waals surface area contributed by atoms with Crippen LogP contribution < -0.4 is 5.32 Å². The fourth-order valence-corrected chi connectivity index (χ4v) is 2.93. The van der Waals surface area contributed by atoms with Gasteiger partial charge in [0.05, 0.1) is 11.6 Å². The molecule has 0 aliphatic carbocycles. The fourth-order valence-electron chi connectivity index (χ4n) is 1.50. The number of aromatic nitrogens is 1. The predicted octanol–water partition coefficient (Wildman–Crippen LogP) is 2.79. The van der Waals surface area contributed by atoms with Crippen LogP contribution in [0.25, 0.3) is 6.08 Å². The van der Waals surface area contributed by atoms with E-state index in [1.54, 1.807) is 17.6 Å². The topological polar surface area (TPSA) is 79.3 Å². The Kier molecular flexibility index (Phi) is 4.65. The first-order valence-corrected chi connectivity index (χ1v) is 7.52. The molecule has 2 N–H and O–H groups in total. The summed E-state index contributed by atoms with van der Waals surface area (Å²) in [6, 6.07) is 1.51. The van der Waals surface area contributed by atoms with Gasteiger partial charge in [0.25, 0.3) is 5.91 Å². The number of nitrogens with zero attached hydrogens (tertiary/aromatic N) is 1. The van der Waals surface area contributed by atoms with Crippen molar-refractivity contribution in [2.45, 2.75) is 13.0 Å². The molecule has 0 aliphatic heterocycles. The number of rotatable bonds is 5. The molecule has 0 bridgehead atoms. The van der Waals surface area contributed by atoms with Crippen LogP contribution in [0.3, 0.4) is 0 Å². The Morgan fingerprint density at radius 3 is 2.90 bits per heavy atom. The fraction of sp³-hybridized carbons (Fsp3) is 0.154. The molecule has 2 rings (SSSR count). The van der Waals surface area contributed by atoms with E-state index in [1.807, 2.05) is 12.3 Å². The molecule has 7 heteroatoms. The average molecular weight is 308 g/mol.